The predicted molar refractivity (Wildman–Crippen MR) is 75.5 cm³/mol. The van der Waals surface area contributed by atoms with Gasteiger partial charge in [-0.25, -0.2) is 4.21 Å². The van der Waals surface area contributed by atoms with Gasteiger partial charge in [-0.1, -0.05) is 50.0 Å². The fourth-order valence-corrected chi connectivity index (χ4v) is 2.47. The Balaban J connectivity index is 2.33. The van der Waals surface area contributed by atoms with Crippen LogP contribution in [0.2, 0.25) is 0 Å². The number of unbranched alkanes of at least 4 members (excludes halogenated alkanes) is 4. The normalized spacial score (nSPS) is 13.1. The highest BCUT2D eigenvalue weighted by molar-refractivity contribution is 7.88. The van der Waals surface area contributed by atoms with Crippen molar-refractivity contribution < 1.29 is 4.21 Å². The second kappa shape index (κ2) is 8.24. The Morgan fingerprint density at radius 1 is 1.12 bits per heavy atom. The Hall–Kier alpha value is -0.890. The summed E-state index contributed by atoms with van der Waals surface area (Å²) >= 11 is 0. The van der Waals surface area contributed by atoms with Gasteiger partial charge in [0.25, 0.3) is 0 Å². The van der Waals surface area contributed by atoms with E-state index in [-0.39, 0.29) is 0 Å². The van der Waals surface area contributed by atoms with Crippen LogP contribution in [0.15, 0.2) is 40.6 Å². The summed E-state index contributed by atoms with van der Waals surface area (Å²) in [6.45, 7) is 4.25. The highest BCUT2D eigenvalue weighted by atomic mass is 32.2. The minimum atomic E-state index is -0.979. The molecule has 1 atom stereocenters. The zero-order valence-electron chi connectivity index (χ0n) is 10.8. The Kier molecular flexibility index (Phi) is 6.87. The van der Waals surface area contributed by atoms with Gasteiger partial charge in [0.15, 0.2) is 0 Å². The molecular weight excluding hydrogens is 228 g/mol. The van der Waals surface area contributed by atoms with E-state index in [0.29, 0.717) is 0 Å². The largest absolute Gasteiger partial charge is 0.250 e. The molecule has 0 amide bonds. The van der Waals surface area contributed by atoms with Gasteiger partial charge in [-0.15, -0.1) is 0 Å². The first kappa shape index (κ1) is 14.2. The molecule has 0 aliphatic carbocycles. The second-order valence-electron chi connectivity index (χ2n) is 4.33. The van der Waals surface area contributed by atoms with Gasteiger partial charge in [0.1, 0.15) is 0 Å². The molecule has 0 aliphatic heterocycles. The Morgan fingerprint density at radius 2 is 1.82 bits per heavy atom. The second-order valence-corrected chi connectivity index (χ2v) is 5.67. The molecule has 0 heterocycles. The van der Waals surface area contributed by atoms with Gasteiger partial charge >= 0.3 is 0 Å². The van der Waals surface area contributed by atoms with Crippen LogP contribution in [0.1, 0.15) is 44.6 Å². The SMILES string of the molecule is CCCCCCC=CS(=O)c1ccc(C)cc1. The first-order valence-electron chi connectivity index (χ1n) is 6.38. The van der Waals surface area contributed by atoms with Gasteiger partial charge in [0, 0.05) is 10.3 Å². The molecule has 1 aromatic carbocycles. The molecule has 1 rings (SSSR count). The van der Waals surface area contributed by atoms with Gasteiger partial charge in [-0.2, -0.15) is 0 Å². The molecule has 94 valence electrons. The van der Waals surface area contributed by atoms with Crippen molar-refractivity contribution in [1.29, 1.82) is 0 Å². The van der Waals surface area contributed by atoms with Crippen molar-refractivity contribution in [2.45, 2.75) is 50.8 Å². The summed E-state index contributed by atoms with van der Waals surface area (Å²) < 4.78 is 11.9. The number of hydrogen-bond donors (Lipinski definition) is 0. The Morgan fingerprint density at radius 3 is 2.47 bits per heavy atom. The van der Waals surface area contributed by atoms with Gasteiger partial charge in [0.05, 0.1) is 10.8 Å². The summed E-state index contributed by atoms with van der Waals surface area (Å²) in [6, 6.07) is 7.88. The summed E-state index contributed by atoms with van der Waals surface area (Å²) in [6.07, 6.45) is 8.13. The lowest BCUT2D eigenvalue weighted by Gasteiger charge is -1.98. The third-order valence-corrected chi connectivity index (χ3v) is 3.87. The minimum absolute atomic E-state index is 0.889. The molecule has 17 heavy (non-hydrogen) atoms. The van der Waals surface area contributed by atoms with E-state index >= 15 is 0 Å². The van der Waals surface area contributed by atoms with Crippen molar-refractivity contribution in [3.05, 3.63) is 41.3 Å². The first-order valence-corrected chi connectivity index (χ1v) is 7.59. The smallest absolute Gasteiger partial charge is 0.0772 e. The van der Waals surface area contributed by atoms with Crippen molar-refractivity contribution in [2.75, 3.05) is 0 Å². The van der Waals surface area contributed by atoms with E-state index in [1.54, 1.807) is 0 Å². The molecule has 1 nitrogen and oxygen atoms in total. The molecule has 0 spiro atoms. The molecule has 0 saturated heterocycles. The van der Waals surface area contributed by atoms with E-state index in [2.05, 4.69) is 6.92 Å². The summed E-state index contributed by atoms with van der Waals surface area (Å²) in [5.41, 5.74) is 1.20. The average Bonchev–Trinajstić information content (AvgIpc) is 2.34. The summed E-state index contributed by atoms with van der Waals surface area (Å²) in [5.74, 6) is 0. The number of aryl methyl sites for hydroxylation is 1. The van der Waals surface area contributed by atoms with Crippen LogP contribution >= 0.6 is 0 Å². The van der Waals surface area contributed by atoms with Crippen LogP contribution in [0.3, 0.4) is 0 Å². The van der Waals surface area contributed by atoms with Gasteiger partial charge in [-0.3, -0.25) is 0 Å². The van der Waals surface area contributed by atoms with E-state index in [0.717, 1.165) is 11.3 Å². The van der Waals surface area contributed by atoms with E-state index in [9.17, 15) is 4.21 Å². The molecule has 1 unspecified atom stereocenters. The summed E-state index contributed by atoms with van der Waals surface area (Å²) in [5, 5.41) is 1.82. The van der Waals surface area contributed by atoms with Gasteiger partial charge < -0.3 is 0 Å². The van der Waals surface area contributed by atoms with E-state index in [1.165, 1.54) is 31.2 Å². The third kappa shape index (κ3) is 5.83. The molecule has 2 heteroatoms. The zero-order valence-corrected chi connectivity index (χ0v) is 11.6. The molecule has 0 N–H and O–H groups in total. The molecule has 0 radical (unpaired) electrons. The monoisotopic (exact) mass is 250 g/mol. The maximum atomic E-state index is 11.9. The number of benzene rings is 1. The van der Waals surface area contributed by atoms with Crippen molar-refractivity contribution in [3.63, 3.8) is 0 Å². The quantitative estimate of drug-likeness (QED) is 0.647. The molecular formula is C15H22OS. The van der Waals surface area contributed by atoms with Gasteiger partial charge in [-0.05, 0) is 31.9 Å². The van der Waals surface area contributed by atoms with Crippen molar-refractivity contribution >= 4 is 10.8 Å². The highest BCUT2D eigenvalue weighted by Gasteiger charge is 1.97. The zero-order chi connectivity index (χ0) is 12.5. The van der Waals surface area contributed by atoms with Crippen molar-refractivity contribution in [3.8, 4) is 0 Å². The maximum Gasteiger partial charge on any atom is 0.0772 e. The Labute approximate surface area is 107 Å². The van der Waals surface area contributed by atoms with E-state index in [1.807, 2.05) is 42.7 Å². The van der Waals surface area contributed by atoms with E-state index in [4.69, 9.17) is 0 Å². The van der Waals surface area contributed by atoms with Crippen LogP contribution in [0.5, 0.6) is 0 Å². The number of rotatable bonds is 7. The van der Waals surface area contributed by atoms with Crippen LogP contribution in [0.4, 0.5) is 0 Å². The number of allylic oxidation sites excluding steroid dienone is 1. The average molecular weight is 250 g/mol. The summed E-state index contributed by atoms with van der Waals surface area (Å²) in [4.78, 5) is 0.889. The molecule has 0 fully saturated rings. The van der Waals surface area contributed by atoms with Crippen LogP contribution in [0, 0.1) is 6.92 Å². The highest BCUT2D eigenvalue weighted by Crippen LogP contribution is 2.10. The van der Waals surface area contributed by atoms with Crippen molar-refractivity contribution in [2.24, 2.45) is 0 Å². The molecule has 0 aliphatic rings. The molecule has 0 bridgehead atoms. The molecule has 0 aromatic heterocycles. The van der Waals surface area contributed by atoms with Gasteiger partial charge in [0.2, 0.25) is 0 Å². The number of hydrogen-bond acceptors (Lipinski definition) is 1. The minimum Gasteiger partial charge on any atom is -0.250 e. The van der Waals surface area contributed by atoms with Crippen molar-refractivity contribution in [1.82, 2.24) is 0 Å². The maximum absolute atomic E-state index is 11.9. The first-order chi connectivity index (χ1) is 8.24. The van der Waals surface area contributed by atoms with Crippen LogP contribution < -0.4 is 0 Å². The fourth-order valence-electron chi connectivity index (χ4n) is 1.60. The predicted octanol–water partition coefficient (Wildman–Crippen LogP) is 4.59. The Bertz CT molecular complexity index is 365. The third-order valence-electron chi connectivity index (χ3n) is 2.70. The molecule has 0 saturated carbocycles. The summed E-state index contributed by atoms with van der Waals surface area (Å²) in [7, 11) is -0.979. The lowest BCUT2D eigenvalue weighted by Crippen LogP contribution is -1.86. The van der Waals surface area contributed by atoms with Crippen LogP contribution in [0.25, 0.3) is 0 Å². The topological polar surface area (TPSA) is 17.1 Å². The standard InChI is InChI=1S/C15H22OS/c1-3-4-5-6-7-8-13-17(16)15-11-9-14(2)10-12-15/h8-13H,3-7H2,1-2H3. The van der Waals surface area contributed by atoms with Crippen LogP contribution in [-0.4, -0.2) is 4.21 Å². The van der Waals surface area contributed by atoms with E-state index < -0.39 is 10.8 Å². The molecule has 1 aromatic rings. The fraction of sp³-hybridized carbons (Fsp3) is 0.467. The van der Waals surface area contributed by atoms with Crippen LogP contribution in [-0.2, 0) is 10.8 Å². The lowest BCUT2D eigenvalue weighted by atomic mass is 10.2. The lowest BCUT2D eigenvalue weighted by molar-refractivity contribution is 0.674.